The number of thioether (sulfide) groups is 1. The molecule has 76 valence electrons. The molecule has 0 amide bonds. The Labute approximate surface area is 90.4 Å². The standard InChI is InChI=1S/C12H17NS/c1-3-4-5-8-14-11-6-7-12(13)10(2)9-11/h3,6-7,9H,1,4-5,8,13H2,2H3. The number of hydrogen-bond acceptors (Lipinski definition) is 2. The largest absolute Gasteiger partial charge is 0.399 e. The molecule has 0 saturated heterocycles. The highest BCUT2D eigenvalue weighted by Crippen LogP contribution is 2.23. The summed E-state index contributed by atoms with van der Waals surface area (Å²) in [5, 5.41) is 0. The Balaban J connectivity index is 2.43. The van der Waals surface area contributed by atoms with Crippen LogP contribution in [0.5, 0.6) is 0 Å². The molecule has 1 rings (SSSR count). The molecule has 0 atom stereocenters. The van der Waals surface area contributed by atoms with Crippen LogP contribution in [0, 0.1) is 6.92 Å². The van der Waals surface area contributed by atoms with Gasteiger partial charge in [0.05, 0.1) is 0 Å². The number of benzene rings is 1. The first kappa shape index (κ1) is 11.2. The number of aryl methyl sites for hydroxylation is 1. The molecule has 2 heteroatoms. The maximum absolute atomic E-state index is 5.74. The second-order valence-electron chi connectivity index (χ2n) is 3.30. The molecule has 0 unspecified atom stereocenters. The van der Waals surface area contributed by atoms with E-state index in [9.17, 15) is 0 Å². The Bertz CT molecular complexity index is 307. The van der Waals surface area contributed by atoms with Crippen molar-refractivity contribution in [1.82, 2.24) is 0 Å². The molecule has 0 spiro atoms. The van der Waals surface area contributed by atoms with Gasteiger partial charge in [-0.3, -0.25) is 0 Å². The van der Waals surface area contributed by atoms with Gasteiger partial charge < -0.3 is 5.73 Å². The van der Waals surface area contributed by atoms with E-state index in [4.69, 9.17) is 5.73 Å². The number of nitrogens with two attached hydrogens (primary N) is 1. The first-order valence-corrected chi connectivity index (χ1v) is 5.82. The molecule has 0 bridgehead atoms. The van der Waals surface area contributed by atoms with Crippen molar-refractivity contribution in [3.63, 3.8) is 0 Å². The molecule has 0 aliphatic rings. The normalized spacial score (nSPS) is 10.1. The average molecular weight is 207 g/mol. The van der Waals surface area contributed by atoms with Crippen LogP contribution >= 0.6 is 11.8 Å². The summed E-state index contributed by atoms with van der Waals surface area (Å²) in [5.41, 5.74) is 7.78. The van der Waals surface area contributed by atoms with E-state index in [1.54, 1.807) is 0 Å². The molecule has 0 heterocycles. The smallest absolute Gasteiger partial charge is 0.0344 e. The van der Waals surface area contributed by atoms with E-state index in [1.165, 1.54) is 16.9 Å². The van der Waals surface area contributed by atoms with E-state index < -0.39 is 0 Å². The van der Waals surface area contributed by atoms with Gasteiger partial charge in [0, 0.05) is 10.6 Å². The van der Waals surface area contributed by atoms with Crippen LogP contribution in [0.3, 0.4) is 0 Å². The minimum absolute atomic E-state index is 0.875. The number of unbranched alkanes of at least 4 members (excludes halogenated alkanes) is 1. The zero-order valence-corrected chi connectivity index (χ0v) is 9.44. The van der Waals surface area contributed by atoms with E-state index in [-0.39, 0.29) is 0 Å². The highest BCUT2D eigenvalue weighted by atomic mass is 32.2. The van der Waals surface area contributed by atoms with Crippen molar-refractivity contribution in [2.75, 3.05) is 11.5 Å². The van der Waals surface area contributed by atoms with Gasteiger partial charge in [0.25, 0.3) is 0 Å². The minimum atomic E-state index is 0.875. The summed E-state index contributed by atoms with van der Waals surface area (Å²) in [4.78, 5) is 1.31. The van der Waals surface area contributed by atoms with Crippen LogP contribution in [0.25, 0.3) is 0 Å². The van der Waals surface area contributed by atoms with Gasteiger partial charge in [-0.15, -0.1) is 18.3 Å². The second kappa shape index (κ2) is 5.76. The predicted octanol–water partition coefficient (Wildman–Crippen LogP) is 3.64. The van der Waals surface area contributed by atoms with Crippen LogP contribution in [0.4, 0.5) is 5.69 Å². The fraction of sp³-hybridized carbons (Fsp3) is 0.333. The molecule has 0 aliphatic carbocycles. The second-order valence-corrected chi connectivity index (χ2v) is 4.47. The van der Waals surface area contributed by atoms with Crippen LogP contribution in [-0.4, -0.2) is 5.75 Å². The van der Waals surface area contributed by atoms with E-state index in [2.05, 4.69) is 18.7 Å². The summed E-state index contributed by atoms with van der Waals surface area (Å²) in [7, 11) is 0. The Kier molecular flexibility index (Phi) is 4.60. The fourth-order valence-electron chi connectivity index (χ4n) is 1.16. The highest BCUT2D eigenvalue weighted by Gasteiger charge is 1.96. The van der Waals surface area contributed by atoms with Gasteiger partial charge >= 0.3 is 0 Å². The van der Waals surface area contributed by atoms with Gasteiger partial charge in [-0.25, -0.2) is 0 Å². The lowest BCUT2D eigenvalue weighted by molar-refractivity contribution is 0.974. The number of anilines is 1. The summed E-state index contributed by atoms with van der Waals surface area (Å²) in [6.45, 7) is 5.75. The summed E-state index contributed by atoms with van der Waals surface area (Å²) in [5.74, 6) is 1.15. The van der Waals surface area contributed by atoms with Crippen molar-refractivity contribution in [3.8, 4) is 0 Å². The van der Waals surface area contributed by atoms with Crippen LogP contribution in [-0.2, 0) is 0 Å². The Morgan fingerprint density at radius 1 is 1.50 bits per heavy atom. The molecule has 1 aromatic rings. The number of allylic oxidation sites excluding steroid dienone is 1. The van der Waals surface area contributed by atoms with Crippen molar-refractivity contribution in [3.05, 3.63) is 36.4 Å². The van der Waals surface area contributed by atoms with Crippen LogP contribution < -0.4 is 5.73 Å². The lowest BCUT2D eigenvalue weighted by atomic mass is 10.2. The van der Waals surface area contributed by atoms with Crippen LogP contribution in [0.15, 0.2) is 35.7 Å². The third kappa shape index (κ3) is 3.46. The quantitative estimate of drug-likeness (QED) is 0.345. The molecule has 1 nitrogen and oxygen atoms in total. The lowest BCUT2D eigenvalue weighted by Gasteiger charge is -2.04. The molecule has 14 heavy (non-hydrogen) atoms. The Morgan fingerprint density at radius 3 is 2.93 bits per heavy atom. The van der Waals surface area contributed by atoms with E-state index in [1.807, 2.05) is 30.8 Å². The third-order valence-corrected chi connectivity index (χ3v) is 3.14. The van der Waals surface area contributed by atoms with Crippen molar-refractivity contribution in [1.29, 1.82) is 0 Å². The van der Waals surface area contributed by atoms with Crippen molar-refractivity contribution >= 4 is 17.4 Å². The monoisotopic (exact) mass is 207 g/mol. The molecule has 0 radical (unpaired) electrons. The molecule has 0 aliphatic heterocycles. The maximum Gasteiger partial charge on any atom is 0.0344 e. The van der Waals surface area contributed by atoms with Gasteiger partial charge in [-0.1, -0.05) is 6.08 Å². The number of hydrogen-bond donors (Lipinski definition) is 1. The van der Waals surface area contributed by atoms with Gasteiger partial charge in [0.1, 0.15) is 0 Å². The summed E-state index contributed by atoms with van der Waals surface area (Å²) >= 11 is 1.88. The average Bonchev–Trinajstić information content (AvgIpc) is 2.18. The van der Waals surface area contributed by atoms with E-state index >= 15 is 0 Å². The molecule has 2 N–H and O–H groups in total. The van der Waals surface area contributed by atoms with Crippen LogP contribution in [0.2, 0.25) is 0 Å². The lowest BCUT2D eigenvalue weighted by Crippen LogP contribution is -1.89. The summed E-state index contributed by atoms with van der Waals surface area (Å²) < 4.78 is 0. The first-order chi connectivity index (χ1) is 6.74. The van der Waals surface area contributed by atoms with Gasteiger partial charge in [-0.2, -0.15) is 0 Å². The molecule has 1 aromatic carbocycles. The highest BCUT2D eigenvalue weighted by molar-refractivity contribution is 7.99. The van der Waals surface area contributed by atoms with E-state index in [0.29, 0.717) is 0 Å². The van der Waals surface area contributed by atoms with Gasteiger partial charge in [0.2, 0.25) is 0 Å². The SMILES string of the molecule is C=CCCCSc1ccc(N)c(C)c1. The van der Waals surface area contributed by atoms with Crippen molar-refractivity contribution < 1.29 is 0 Å². The maximum atomic E-state index is 5.74. The van der Waals surface area contributed by atoms with Gasteiger partial charge in [-0.05, 0) is 49.3 Å². The fourth-order valence-corrected chi connectivity index (χ4v) is 2.13. The molecule has 0 saturated carbocycles. The molecular weight excluding hydrogens is 190 g/mol. The predicted molar refractivity (Wildman–Crippen MR) is 65.7 cm³/mol. The zero-order valence-electron chi connectivity index (χ0n) is 8.62. The Hall–Kier alpha value is -0.890. The Morgan fingerprint density at radius 2 is 2.29 bits per heavy atom. The number of rotatable bonds is 5. The van der Waals surface area contributed by atoms with Crippen molar-refractivity contribution in [2.24, 2.45) is 0 Å². The number of nitrogen functional groups attached to an aromatic ring is 1. The molecule has 0 fully saturated rings. The minimum Gasteiger partial charge on any atom is -0.399 e. The topological polar surface area (TPSA) is 26.0 Å². The van der Waals surface area contributed by atoms with Crippen LogP contribution in [0.1, 0.15) is 18.4 Å². The third-order valence-electron chi connectivity index (χ3n) is 2.06. The first-order valence-electron chi connectivity index (χ1n) is 4.84. The van der Waals surface area contributed by atoms with E-state index in [0.717, 1.165) is 17.9 Å². The molecular formula is C12H17NS. The summed E-state index contributed by atoms with van der Waals surface area (Å²) in [6.07, 6.45) is 4.26. The van der Waals surface area contributed by atoms with Gasteiger partial charge in [0.15, 0.2) is 0 Å². The summed E-state index contributed by atoms with van der Waals surface area (Å²) in [6, 6.07) is 6.21. The van der Waals surface area contributed by atoms with Crippen molar-refractivity contribution in [2.45, 2.75) is 24.7 Å². The zero-order chi connectivity index (χ0) is 10.4. The molecule has 0 aromatic heterocycles.